The van der Waals surface area contributed by atoms with E-state index in [0.29, 0.717) is 18.1 Å². The fourth-order valence-corrected chi connectivity index (χ4v) is 1.75. The summed E-state index contributed by atoms with van der Waals surface area (Å²) in [6, 6.07) is 1.90. The van der Waals surface area contributed by atoms with Crippen molar-refractivity contribution in [2.45, 2.75) is 26.8 Å². The second-order valence-electron chi connectivity index (χ2n) is 4.26. The lowest BCUT2D eigenvalue weighted by Crippen LogP contribution is -2.28. The number of nitrogens with two attached hydrogens (primary N) is 1. The first-order valence-electron chi connectivity index (χ1n) is 5.97. The number of aromatic nitrogens is 3. The molecule has 0 atom stereocenters. The summed E-state index contributed by atoms with van der Waals surface area (Å²) in [5.74, 6) is 0.236. The molecule has 0 bridgehead atoms. The number of aryl methyl sites for hydroxylation is 1. The van der Waals surface area contributed by atoms with Crippen molar-refractivity contribution >= 4 is 23.0 Å². The van der Waals surface area contributed by atoms with Crippen LogP contribution in [0.4, 0.5) is 5.95 Å². The molecular weight excluding hydrogens is 230 g/mol. The predicted molar refractivity (Wildman–Crippen MR) is 70.0 cm³/mol. The third kappa shape index (κ3) is 2.42. The number of hydrogen-bond donors (Lipinski definition) is 2. The molecule has 0 aromatic carbocycles. The Bertz CT molecular complexity index is 575. The molecule has 0 aliphatic carbocycles. The highest BCUT2D eigenvalue weighted by Gasteiger charge is 2.12. The van der Waals surface area contributed by atoms with Crippen LogP contribution in [0.25, 0.3) is 11.2 Å². The molecule has 2 aromatic rings. The first-order chi connectivity index (χ1) is 8.61. The van der Waals surface area contributed by atoms with Crippen molar-refractivity contribution in [3.63, 3.8) is 0 Å². The van der Waals surface area contributed by atoms with Gasteiger partial charge in [-0.15, -0.1) is 0 Å². The topological polar surface area (TPSA) is 85.8 Å². The zero-order valence-corrected chi connectivity index (χ0v) is 10.6. The molecule has 0 fully saturated rings. The average Bonchev–Trinajstić information content (AvgIpc) is 2.62. The maximum Gasteiger partial charge on any atom is 0.240 e. The summed E-state index contributed by atoms with van der Waals surface area (Å²) in [6.07, 6.45) is 2.65. The molecule has 1 amide bonds. The standard InChI is InChI=1S/C12H17N5O/c1-3-4-14-10(18)7-17-11-9(16-12(17)13)5-8(2)6-15-11/h5-6H,3-4,7H2,1-2H3,(H2,13,16)(H,14,18). The number of nitrogens with zero attached hydrogens (tertiary/aromatic N) is 3. The van der Waals surface area contributed by atoms with Gasteiger partial charge in [0.25, 0.3) is 0 Å². The van der Waals surface area contributed by atoms with Crippen LogP contribution in [0.2, 0.25) is 0 Å². The lowest BCUT2D eigenvalue weighted by atomic mass is 10.3. The Morgan fingerprint density at radius 1 is 1.56 bits per heavy atom. The van der Waals surface area contributed by atoms with E-state index in [-0.39, 0.29) is 12.5 Å². The molecule has 2 heterocycles. The van der Waals surface area contributed by atoms with E-state index in [2.05, 4.69) is 15.3 Å². The Hall–Kier alpha value is -2.11. The molecule has 6 heteroatoms. The number of anilines is 1. The van der Waals surface area contributed by atoms with Crippen LogP contribution < -0.4 is 11.1 Å². The number of hydrogen-bond acceptors (Lipinski definition) is 4. The van der Waals surface area contributed by atoms with E-state index in [1.165, 1.54) is 0 Å². The molecule has 96 valence electrons. The van der Waals surface area contributed by atoms with Gasteiger partial charge in [-0.25, -0.2) is 9.97 Å². The van der Waals surface area contributed by atoms with Crippen LogP contribution in [0.15, 0.2) is 12.3 Å². The van der Waals surface area contributed by atoms with Gasteiger partial charge < -0.3 is 11.1 Å². The summed E-state index contributed by atoms with van der Waals surface area (Å²) in [5, 5.41) is 2.80. The number of carbonyl (C=O) groups excluding carboxylic acids is 1. The molecule has 18 heavy (non-hydrogen) atoms. The van der Waals surface area contributed by atoms with Crippen LogP contribution in [0.1, 0.15) is 18.9 Å². The summed E-state index contributed by atoms with van der Waals surface area (Å²) in [6.45, 7) is 4.76. The number of pyridine rings is 1. The van der Waals surface area contributed by atoms with Crippen molar-refractivity contribution in [3.05, 3.63) is 17.8 Å². The molecule has 0 saturated carbocycles. The van der Waals surface area contributed by atoms with Crippen molar-refractivity contribution in [1.82, 2.24) is 19.9 Å². The third-order valence-corrected chi connectivity index (χ3v) is 2.63. The summed E-state index contributed by atoms with van der Waals surface area (Å²) in [4.78, 5) is 20.2. The molecular formula is C12H17N5O. The molecule has 0 unspecified atom stereocenters. The van der Waals surface area contributed by atoms with Crippen molar-refractivity contribution < 1.29 is 4.79 Å². The second-order valence-corrected chi connectivity index (χ2v) is 4.26. The fraction of sp³-hybridized carbons (Fsp3) is 0.417. The summed E-state index contributed by atoms with van der Waals surface area (Å²) in [5.41, 5.74) is 8.19. The summed E-state index contributed by atoms with van der Waals surface area (Å²) < 4.78 is 1.62. The molecule has 2 aromatic heterocycles. The molecule has 0 aliphatic heterocycles. The van der Waals surface area contributed by atoms with Gasteiger partial charge in [-0.1, -0.05) is 6.92 Å². The SMILES string of the molecule is CCCNC(=O)Cn1c(N)nc2cc(C)cnc21. The lowest BCUT2D eigenvalue weighted by molar-refractivity contribution is -0.121. The Kier molecular flexibility index (Phi) is 3.45. The highest BCUT2D eigenvalue weighted by atomic mass is 16.1. The van der Waals surface area contributed by atoms with Crippen molar-refractivity contribution in [2.75, 3.05) is 12.3 Å². The summed E-state index contributed by atoms with van der Waals surface area (Å²) in [7, 11) is 0. The maximum atomic E-state index is 11.7. The minimum absolute atomic E-state index is 0.0785. The minimum atomic E-state index is -0.0785. The molecule has 3 N–H and O–H groups in total. The van der Waals surface area contributed by atoms with E-state index in [4.69, 9.17) is 5.73 Å². The molecule has 0 radical (unpaired) electrons. The first kappa shape index (κ1) is 12.3. The van der Waals surface area contributed by atoms with Gasteiger partial charge in [0.1, 0.15) is 12.1 Å². The number of carbonyl (C=O) groups is 1. The van der Waals surface area contributed by atoms with Gasteiger partial charge in [0.05, 0.1) is 0 Å². The van der Waals surface area contributed by atoms with Crippen molar-refractivity contribution in [2.24, 2.45) is 0 Å². The van der Waals surface area contributed by atoms with Crippen LogP contribution in [-0.2, 0) is 11.3 Å². The molecule has 0 saturated heterocycles. The van der Waals surface area contributed by atoms with Crippen LogP contribution in [0, 0.1) is 6.92 Å². The monoisotopic (exact) mass is 247 g/mol. The van der Waals surface area contributed by atoms with Gasteiger partial charge in [-0.3, -0.25) is 9.36 Å². The predicted octanol–water partition coefficient (Wildman–Crippen LogP) is 0.848. The normalized spacial score (nSPS) is 10.8. The smallest absolute Gasteiger partial charge is 0.240 e. The Morgan fingerprint density at radius 2 is 2.33 bits per heavy atom. The van der Waals surface area contributed by atoms with Gasteiger partial charge in [-0.05, 0) is 25.0 Å². The van der Waals surface area contributed by atoms with Crippen LogP contribution in [0.5, 0.6) is 0 Å². The van der Waals surface area contributed by atoms with Crippen LogP contribution >= 0.6 is 0 Å². The van der Waals surface area contributed by atoms with E-state index in [9.17, 15) is 4.79 Å². The van der Waals surface area contributed by atoms with E-state index in [1.54, 1.807) is 10.8 Å². The highest BCUT2D eigenvalue weighted by Crippen LogP contribution is 2.16. The quantitative estimate of drug-likeness (QED) is 0.838. The largest absolute Gasteiger partial charge is 0.369 e. The Labute approximate surface area is 105 Å². The minimum Gasteiger partial charge on any atom is -0.369 e. The van der Waals surface area contributed by atoms with E-state index in [0.717, 1.165) is 17.5 Å². The first-order valence-corrected chi connectivity index (χ1v) is 5.97. The third-order valence-electron chi connectivity index (χ3n) is 2.63. The number of rotatable bonds is 4. The Balaban J connectivity index is 2.27. The highest BCUT2D eigenvalue weighted by molar-refractivity contribution is 5.80. The van der Waals surface area contributed by atoms with E-state index >= 15 is 0 Å². The number of amides is 1. The van der Waals surface area contributed by atoms with Crippen molar-refractivity contribution in [1.29, 1.82) is 0 Å². The summed E-state index contributed by atoms with van der Waals surface area (Å²) >= 11 is 0. The second kappa shape index (κ2) is 5.03. The van der Waals surface area contributed by atoms with Gasteiger partial charge >= 0.3 is 0 Å². The molecule has 0 spiro atoms. The number of fused-ring (bicyclic) bond motifs is 1. The maximum absolute atomic E-state index is 11.7. The fourth-order valence-electron chi connectivity index (χ4n) is 1.75. The van der Waals surface area contributed by atoms with Gasteiger partial charge in [-0.2, -0.15) is 0 Å². The lowest BCUT2D eigenvalue weighted by Gasteiger charge is -2.06. The zero-order valence-electron chi connectivity index (χ0n) is 10.6. The Morgan fingerprint density at radius 3 is 3.06 bits per heavy atom. The number of nitrogen functional groups attached to an aromatic ring is 1. The van der Waals surface area contributed by atoms with Gasteiger partial charge in [0.2, 0.25) is 11.9 Å². The zero-order chi connectivity index (χ0) is 13.1. The number of imidazole rings is 1. The van der Waals surface area contributed by atoms with Gasteiger partial charge in [0.15, 0.2) is 5.65 Å². The molecule has 2 rings (SSSR count). The molecule has 6 nitrogen and oxygen atoms in total. The van der Waals surface area contributed by atoms with Gasteiger partial charge in [0, 0.05) is 12.7 Å². The molecule has 0 aliphatic rings. The van der Waals surface area contributed by atoms with E-state index < -0.39 is 0 Å². The van der Waals surface area contributed by atoms with Crippen LogP contribution in [-0.4, -0.2) is 27.0 Å². The number of nitrogens with one attached hydrogen (secondary N) is 1. The van der Waals surface area contributed by atoms with Crippen molar-refractivity contribution in [3.8, 4) is 0 Å². The average molecular weight is 247 g/mol. The van der Waals surface area contributed by atoms with Crippen LogP contribution in [0.3, 0.4) is 0 Å². The van der Waals surface area contributed by atoms with E-state index in [1.807, 2.05) is 19.9 Å².